The molecular weight excluding hydrogens is 372 g/mol. The molecule has 0 aliphatic rings. The maximum atomic E-state index is 5.89. The van der Waals surface area contributed by atoms with Gasteiger partial charge in [0.25, 0.3) is 0 Å². The van der Waals surface area contributed by atoms with Crippen molar-refractivity contribution >= 4 is 0 Å². The van der Waals surface area contributed by atoms with Crippen molar-refractivity contribution in [1.29, 1.82) is 0 Å². The summed E-state index contributed by atoms with van der Waals surface area (Å²) in [5.41, 5.74) is 2.57. The van der Waals surface area contributed by atoms with E-state index in [9.17, 15) is 0 Å². The van der Waals surface area contributed by atoms with Crippen LogP contribution in [0.15, 0.2) is 48.5 Å². The van der Waals surface area contributed by atoms with Gasteiger partial charge in [-0.05, 0) is 55.2 Å². The average Bonchev–Trinajstić information content (AvgIpc) is 2.78. The molecule has 0 spiro atoms. The molecule has 3 nitrogen and oxygen atoms in total. The van der Waals surface area contributed by atoms with E-state index in [1.165, 1.54) is 43.2 Å². The summed E-state index contributed by atoms with van der Waals surface area (Å²) in [4.78, 5) is 0. The summed E-state index contributed by atoms with van der Waals surface area (Å²) in [5, 5.41) is 0. The molecule has 0 radical (unpaired) electrons. The van der Waals surface area contributed by atoms with E-state index in [4.69, 9.17) is 14.2 Å². The molecule has 2 rings (SSSR count). The maximum Gasteiger partial charge on any atom is 0.119 e. The molecular formula is C27H40O3. The third kappa shape index (κ3) is 9.21. The summed E-state index contributed by atoms with van der Waals surface area (Å²) in [7, 11) is 1.74. The first-order valence-electron chi connectivity index (χ1n) is 11.6. The number of methoxy groups -OCH3 is 1. The monoisotopic (exact) mass is 412 g/mol. The highest BCUT2D eigenvalue weighted by atomic mass is 16.5. The van der Waals surface area contributed by atoms with Gasteiger partial charge < -0.3 is 14.2 Å². The van der Waals surface area contributed by atoms with Crippen LogP contribution in [0, 0.1) is 5.92 Å². The van der Waals surface area contributed by atoms with Gasteiger partial charge in [-0.25, -0.2) is 0 Å². The first-order valence-corrected chi connectivity index (χ1v) is 11.6. The first-order chi connectivity index (χ1) is 14.6. The van der Waals surface area contributed by atoms with Crippen molar-refractivity contribution in [3.63, 3.8) is 0 Å². The van der Waals surface area contributed by atoms with Gasteiger partial charge in [-0.15, -0.1) is 0 Å². The highest BCUT2D eigenvalue weighted by molar-refractivity contribution is 5.34. The van der Waals surface area contributed by atoms with Crippen LogP contribution in [0.5, 0.6) is 11.5 Å². The normalized spacial score (nSPS) is 13.1. The smallest absolute Gasteiger partial charge is 0.119 e. The molecule has 30 heavy (non-hydrogen) atoms. The quantitative estimate of drug-likeness (QED) is 0.293. The van der Waals surface area contributed by atoms with Crippen LogP contribution in [0.3, 0.4) is 0 Å². The third-order valence-corrected chi connectivity index (χ3v) is 5.71. The highest BCUT2D eigenvalue weighted by Gasteiger charge is 2.11. The summed E-state index contributed by atoms with van der Waals surface area (Å²) in [6.45, 7) is 7.94. The Morgan fingerprint density at radius 3 is 1.80 bits per heavy atom. The standard InChI is InChI=1S/C27H40O3/c1-5-6-7-8-9-10-19-29-26-15-11-24(12-16-26)20-25-13-17-27(18-14-25)30-21-22(2)23(3)28-4/h11-18,22-23H,5-10,19-21H2,1-4H3. The number of benzene rings is 2. The van der Waals surface area contributed by atoms with Crippen molar-refractivity contribution in [1.82, 2.24) is 0 Å². The predicted octanol–water partition coefficient (Wildman–Crippen LogP) is 7.07. The summed E-state index contributed by atoms with van der Waals surface area (Å²) in [5.74, 6) is 2.24. The lowest BCUT2D eigenvalue weighted by Crippen LogP contribution is -2.22. The molecule has 0 amide bonds. The van der Waals surface area contributed by atoms with Crippen LogP contribution < -0.4 is 9.47 Å². The van der Waals surface area contributed by atoms with E-state index in [0.29, 0.717) is 12.5 Å². The molecule has 0 fully saturated rings. The Hall–Kier alpha value is -2.00. The molecule has 3 heteroatoms. The lowest BCUT2D eigenvalue weighted by molar-refractivity contribution is 0.0523. The molecule has 2 aromatic rings. The second-order valence-corrected chi connectivity index (χ2v) is 8.31. The molecule has 2 atom stereocenters. The minimum atomic E-state index is 0.196. The van der Waals surface area contributed by atoms with E-state index in [0.717, 1.165) is 30.9 Å². The van der Waals surface area contributed by atoms with Crippen molar-refractivity contribution in [2.75, 3.05) is 20.3 Å². The largest absolute Gasteiger partial charge is 0.494 e. The van der Waals surface area contributed by atoms with Crippen molar-refractivity contribution in [2.45, 2.75) is 71.8 Å². The number of rotatable bonds is 15. The van der Waals surface area contributed by atoms with Crippen LogP contribution in [-0.2, 0) is 11.2 Å². The van der Waals surface area contributed by atoms with Gasteiger partial charge in [-0.1, -0.05) is 70.2 Å². The minimum Gasteiger partial charge on any atom is -0.494 e. The SMILES string of the molecule is CCCCCCCCOc1ccc(Cc2ccc(OCC(C)C(C)OC)cc2)cc1. The highest BCUT2D eigenvalue weighted by Crippen LogP contribution is 2.19. The lowest BCUT2D eigenvalue weighted by Gasteiger charge is -2.18. The molecule has 166 valence electrons. The number of ether oxygens (including phenoxy) is 3. The molecule has 2 unspecified atom stereocenters. The lowest BCUT2D eigenvalue weighted by atomic mass is 10.0. The number of hydrogen-bond donors (Lipinski definition) is 0. The number of hydrogen-bond acceptors (Lipinski definition) is 3. The van der Waals surface area contributed by atoms with Gasteiger partial charge in [0.1, 0.15) is 11.5 Å². The fourth-order valence-electron chi connectivity index (χ4n) is 3.31. The van der Waals surface area contributed by atoms with Crippen LogP contribution >= 0.6 is 0 Å². The summed E-state index contributed by atoms with van der Waals surface area (Å²) >= 11 is 0. The van der Waals surface area contributed by atoms with Gasteiger partial charge in [-0.2, -0.15) is 0 Å². The van der Waals surface area contributed by atoms with Crippen LogP contribution in [0.1, 0.15) is 70.4 Å². The van der Waals surface area contributed by atoms with Crippen molar-refractivity contribution < 1.29 is 14.2 Å². The Bertz CT molecular complexity index is 678. The second kappa shape index (κ2) is 14.1. The predicted molar refractivity (Wildman–Crippen MR) is 126 cm³/mol. The van der Waals surface area contributed by atoms with Crippen molar-refractivity contribution in [3.05, 3.63) is 59.7 Å². The molecule has 0 aromatic heterocycles. The van der Waals surface area contributed by atoms with E-state index >= 15 is 0 Å². The van der Waals surface area contributed by atoms with Gasteiger partial charge >= 0.3 is 0 Å². The van der Waals surface area contributed by atoms with E-state index in [2.05, 4.69) is 69.3 Å². The molecule has 2 aromatic carbocycles. The van der Waals surface area contributed by atoms with Gasteiger partial charge in [-0.3, -0.25) is 0 Å². The summed E-state index contributed by atoms with van der Waals surface area (Å²) in [6, 6.07) is 16.9. The van der Waals surface area contributed by atoms with E-state index in [1.807, 2.05) is 0 Å². The van der Waals surface area contributed by atoms with Gasteiger partial charge in [0.15, 0.2) is 0 Å². The molecule has 0 saturated heterocycles. The topological polar surface area (TPSA) is 27.7 Å². The Balaban J connectivity index is 1.71. The molecule has 0 bridgehead atoms. The van der Waals surface area contributed by atoms with Gasteiger partial charge in [0.05, 0.1) is 19.3 Å². The molecule has 0 aliphatic heterocycles. The Morgan fingerprint density at radius 1 is 0.700 bits per heavy atom. The second-order valence-electron chi connectivity index (χ2n) is 8.31. The first kappa shape index (κ1) is 24.3. The van der Waals surface area contributed by atoms with Crippen molar-refractivity contribution in [3.8, 4) is 11.5 Å². The summed E-state index contributed by atoms with van der Waals surface area (Å²) < 4.78 is 17.1. The Morgan fingerprint density at radius 2 is 1.23 bits per heavy atom. The average molecular weight is 413 g/mol. The Labute approximate surface area is 183 Å². The van der Waals surface area contributed by atoms with Gasteiger partial charge in [0, 0.05) is 13.0 Å². The molecule has 0 N–H and O–H groups in total. The zero-order chi connectivity index (χ0) is 21.6. The van der Waals surface area contributed by atoms with Crippen LogP contribution in [0.2, 0.25) is 0 Å². The van der Waals surface area contributed by atoms with E-state index in [1.54, 1.807) is 7.11 Å². The minimum absolute atomic E-state index is 0.196. The molecule has 0 saturated carbocycles. The van der Waals surface area contributed by atoms with Crippen molar-refractivity contribution in [2.24, 2.45) is 5.92 Å². The number of unbranched alkanes of at least 4 members (excludes halogenated alkanes) is 5. The van der Waals surface area contributed by atoms with Crippen LogP contribution in [0.25, 0.3) is 0 Å². The van der Waals surface area contributed by atoms with Gasteiger partial charge in [0.2, 0.25) is 0 Å². The maximum absolute atomic E-state index is 5.89. The molecule has 0 heterocycles. The van der Waals surface area contributed by atoms with Crippen LogP contribution in [0.4, 0.5) is 0 Å². The third-order valence-electron chi connectivity index (χ3n) is 5.71. The zero-order valence-electron chi connectivity index (χ0n) is 19.4. The fraction of sp³-hybridized carbons (Fsp3) is 0.556. The van der Waals surface area contributed by atoms with E-state index in [-0.39, 0.29) is 6.10 Å². The van der Waals surface area contributed by atoms with Crippen LogP contribution in [-0.4, -0.2) is 26.4 Å². The summed E-state index contributed by atoms with van der Waals surface area (Å²) in [6.07, 6.45) is 8.84. The molecule has 0 aliphatic carbocycles. The zero-order valence-corrected chi connectivity index (χ0v) is 19.4. The fourth-order valence-corrected chi connectivity index (χ4v) is 3.31. The van der Waals surface area contributed by atoms with E-state index < -0.39 is 0 Å². The Kier molecular flexibility index (Phi) is 11.4.